The number of H-pyrrole nitrogens is 1. The molecule has 6 N–H and O–H groups in total. The van der Waals surface area contributed by atoms with E-state index >= 15 is 0 Å². The number of halogens is 1. The van der Waals surface area contributed by atoms with Crippen LogP contribution in [-0.4, -0.2) is 71.0 Å². The molecule has 0 aliphatic rings. The average molecular weight is 1080 g/mol. The summed E-state index contributed by atoms with van der Waals surface area (Å²) in [5.41, 5.74) is 21.8. The van der Waals surface area contributed by atoms with Crippen molar-refractivity contribution < 1.29 is 19.1 Å². The highest BCUT2D eigenvalue weighted by Gasteiger charge is 2.20. The number of carbonyl (C=O) groups is 3. The lowest BCUT2D eigenvalue weighted by atomic mass is 10.0. The summed E-state index contributed by atoms with van der Waals surface area (Å²) < 4.78 is 8.40. The summed E-state index contributed by atoms with van der Waals surface area (Å²) in [7, 11) is 0. The summed E-state index contributed by atoms with van der Waals surface area (Å²) in [6.45, 7) is 11.5. The summed E-state index contributed by atoms with van der Waals surface area (Å²) in [6, 6.07) is 0. The van der Waals surface area contributed by atoms with E-state index in [0.717, 1.165) is 120 Å². The second-order valence-corrected chi connectivity index (χ2v) is 21.1. The maximum atomic E-state index is 12.1. The molecule has 0 unspecified atom stereocenters. The van der Waals surface area contributed by atoms with Gasteiger partial charge in [0.2, 0.25) is 11.9 Å². The summed E-state index contributed by atoms with van der Waals surface area (Å²) >= 11 is 0. The van der Waals surface area contributed by atoms with Crippen LogP contribution in [0.4, 0.5) is 16.7 Å². The largest absolute Gasteiger partial charge is 0.443 e. The van der Waals surface area contributed by atoms with Gasteiger partial charge in [-0.25, -0.2) is 19.3 Å². The molecule has 3 aromatic rings. The Bertz CT molecular complexity index is 1980. The second kappa shape index (κ2) is 48.3. The normalized spacial score (nSPS) is 10.8. The Hall–Kier alpha value is -5.07. The molecule has 3 heterocycles. The maximum absolute atomic E-state index is 12.1. The number of ether oxygens (including phenoxy) is 1. The number of terminal acetylenes is 1. The van der Waals surface area contributed by atoms with Gasteiger partial charge in [-0.05, 0) is 90.5 Å². The van der Waals surface area contributed by atoms with E-state index in [1.54, 1.807) is 6.20 Å². The van der Waals surface area contributed by atoms with E-state index in [1.807, 2.05) is 37.8 Å². The zero-order chi connectivity index (χ0) is 55.0. The molecule has 0 aliphatic carbocycles. The first-order valence-electron chi connectivity index (χ1n) is 29.3. The van der Waals surface area contributed by atoms with Crippen molar-refractivity contribution in [2.45, 2.75) is 278 Å². The lowest BCUT2D eigenvalue weighted by molar-refractivity contribution is -0.121. The monoisotopic (exact) mass is 1080 g/mol. The number of nitrogens with two attached hydrogens (primary N) is 2. The number of imidazole rings is 2. The maximum Gasteiger partial charge on any atom is 0.421 e. The molecule has 0 aliphatic heterocycles. The zero-order valence-electron chi connectivity index (χ0n) is 48.1. The molecule has 1 amide bonds. The molecule has 0 radical (unpaired) electrons. The average Bonchev–Trinajstić information content (AvgIpc) is 4.12. The van der Waals surface area contributed by atoms with Gasteiger partial charge in [-0.1, -0.05) is 165 Å². The van der Waals surface area contributed by atoms with E-state index < -0.39 is 11.7 Å². The molecular weight excluding hydrogens is 978 g/mol. The van der Waals surface area contributed by atoms with Crippen LogP contribution in [0, 0.1) is 12.3 Å². The Morgan fingerprint density at radius 2 is 1.24 bits per heavy atom. The van der Waals surface area contributed by atoms with Crippen molar-refractivity contribution in [3.8, 4) is 12.3 Å². The molecule has 0 fully saturated rings. The predicted molar refractivity (Wildman–Crippen MR) is 314 cm³/mol. The van der Waals surface area contributed by atoms with Crippen molar-refractivity contribution in [1.82, 2.24) is 39.8 Å². The van der Waals surface area contributed by atoms with E-state index in [4.69, 9.17) is 28.2 Å². The lowest BCUT2D eigenvalue weighted by Gasteiger charge is -2.19. The number of ketones is 1. The van der Waals surface area contributed by atoms with Crippen LogP contribution in [0.15, 0.2) is 23.7 Å². The molecule has 0 bridgehead atoms. The fraction of sp³-hybridized carbons (Fsp3) is 0.776. The number of aryl methyl sites for hydroxylation is 4. The first kappa shape index (κ1) is 70.9. The smallest absolute Gasteiger partial charge is 0.421 e. The molecule has 3 rings (SSSR count). The van der Waals surface area contributed by atoms with Crippen LogP contribution in [0.25, 0.3) is 10.4 Å². The van der Waals surface area contributed by atoms with Gasteiger partial charge < -0.3 is 26.5 Å². The number of Topliss-reactive ketones (excluding diaryl/α,β-unsaturated/α-hetero) is 1. The first-order chi connectivity index (χ1) is 36.3. The highest BCUT2D eigenvalue weighted by molar-refractivity contribution is 5.85. The number of amides is 1. The van der Waals surface area contributed by atoms with E-state index in [9.17, 15) is 14.4 Å². The van der Waals surface area contributed by atoms with Gasteiger partial charge in [0.15, 0.2) is 5.95 Å². The lowest BCUT2D eigenvalue weighted by Crippen LogP contribution is -2.27. The summed E-state index contributed by atoms with van der Waals surface area (Å²) in [6.07, 6.45) is 51.6. The van der Waals surface area contributed by atoms with Crippen molar-refractivity contribution in [2.75, 3.05) is 24.6 Å². The van der Waals surface area contributed by atoms with E-state index in [1.165, 1.54) is 127 Å². The predicted octanol–water partition coefficient (Wildman–Crippen LogP) is 15.1. The Morgan fingerprint density at radius 3 is 1.78 bits per heavy atom. The highest BCUT2D eigenvalue weighted by atomic mass is 35.5. The van der Waals surface area contributed by atoms with Gasteiger partial charge in [-0.3, -0.25) is 14.3 Å². The van der Waals surface area contributed by atoms with Crippen LogP contribution in [0.5, 0.6) is 0 Å². The number of aromatic amines is 1. The number of nitrogens with zero attached hydrogens (tertiary/aromatic N) is 9. The van der Waals surface area contributed by atoms with Gasteiger partial charge >= 0.3 is 6.09 Å². The van der Waals surface area contributed by atoms with Gasteiger partial charge in [0.05, 0.1) is 17.6 Å². The molecule has 0 saturated carbocycles. The van der Waals surface area contributed by atoms with Crippen molar-refractivity contribution in [3.05, 3.63) is 46.1 Å². The van der Waals surface area contributed by atoms with Crippen LogP contribution in [-0.2, 0) is 40.1 Å². The minimum atomic E-state index is -0.552. The minimum Gasteiger partial charge on any atom is -0.443 e. The summed E-state index contributed by atoms with van der Waals surface area (Å²) in [4.78, 5) is 49.4. The van der Waals surface area contributed by atoms with Gasteiger partial charge in [0, 0.05) is 68.3 Å². The molecule has 18 heteroatoms. The SMILES string of the molecule is C#CCCCCCc1cn(C(=O)OC(C)(C)C)c(N)n1.CCCCCCCCCCCCCC(=O)CCCn1cc(CCCCCc2cnc(N)[nH]2)nn1.CCCCCCCCCCCCCC(=O)NCCN=[N+]=[N-].Cl. The second-order valence-electron chi connectivity index (χ2n) is 21.1. The van der Waals surface area contributed by atoms with Crippen molar-refractivity contribution in [3.63, 3.8) is 0 Å². The highest BCUT2D eigenvalue weighted by Crippen LogP contribution is 2.17. The van der Waals surface area contributed by atoms with E-state index in [-0.39, 0.29) is 24.3 Å². The molecule has 3 aromatic heterocycles. The Labute approximate surface area is 465 Å². The summed E-state index contributed by atoms with van der Waals surface area (Å²) in [5.74, 6) is 3.74. The number of rotatable bonds is 42. The topological polar surface area (TPSA) is 250 Å². The molecule has 0 spiro atoms. The molecular formula is C58H104ClN13O4. The third-order valence-corrected chi connectivity index (χ3v) is 12.7. The number of nitrogens with one attached hydrogen (secondary N) is 2. The van der Waals surface area contributed by atoms with Crippen molar-refractivity contribution in [2.24, 2.45) is 5.11 Å². The van der Waals surface area contributed by atoms with Gasteiger partial charge in [-0.2, -0.15) is 0 Å². The van der Waals surface area contributed by atoms with Crippen molar-refractivity contribution >= 4 is 42.1 Å². The number of anilines is 2. The Kier molecular flexibility index (Phi) is 45.1. The van der Waals surface area contributed by atoms with Crippen molar-refractivity contribution in [1.29, 1.82) is 0 Å². The Morgan fingerprint density at radius 1 is 0.724 bits per heavy atom. The number of hydrogen-bond donors (Lipinski definition) is 4. The Balaban J connectivity index is 0.00000117. The summed E-state index contributed by atoms with van der Waals surface area (Å²) in [5, 5.41) is 14.6. The van der Waals surface area contributed by atoms with Crippen LogP contribution in [0.2, 0.25) is 0 Å². The van der Waals surface area contributed by atoms with Gasteiger partial charge in [-0.15, -0.1) is 29.8 Å². The van der Waals surface area contributed by atoms with E-state index in [2.05, 4.69) is 60.4 Å². The number of azide groups is 1. The molecule has 432 valence electrons. The third kappa shape index (κ3) is 42.1. The number of aromatic nitrogens is 7. The quantitative estimate of drug-likeness (QED) is 0.0137. The molecule has 0 atom stereocenters. The molecule has 76 heavy (non-hydrogen) atoms. The zero-order valence-corrected chi connectivity index (χ0v) is 48.9. The molecule has 0 aromatic carbocycles. The third-order valence-electron chi connectivity index (χ3n) is 12.7. The number of unbranched alkanes of at least 4 members (excludes halogenated alkanes) is 25. The molecule has 0 saturated heterocycles. The fourth-order valence-electron chi connectivity index (χ4n) is 8.47. The minimum absolute atomic E-state index is 0. The number of carbonyl (C=O) groups excluding carboxylic acids is 3. The van der Waals surface area contributed by atoms with Crippen LogP contribution < -0.4 is 16.8 Å². The molecule has 17 nitrogen and oxygen atoms in total. The van der Waals surface area contributed by atoms with E-state index in [0.29, 0.717) is 37.7 Å². The van der Waals surface area contributed by atoms with Gasteiger partial charge in [0.25, 0.3) is 0 Å². The van der Waals surface area contributed by atoms with Crippen LogP contribution in [0.3, 0.4) is 0 Å². The standard InChI is InChI=1S/C27H48N6O.C16H32N4O.C15H23N3O2.ClH/c1-2-3-4-5-6-7-8-9-10-11-15-19-26(34)20-16-21-33-23-25(31-32-33)18-14-12-13-17-24-22-29-27(28)30-24;1-2-3-4-5-6-7-8-9-10-11-12-13-16(21)18-14-15-19-20-17;1-5-6-7-8-9-10-12-11-18(13(16)17-12)14(19)20-15(2,3)4;/h22-23H,2-21H2,1H3,(H3,28,29,30);2-15H2,1H3,(H,18,21);1,11H,6-10H2,2-4H3,(H2,16,17);1H. The first-order valence-corrected chi connectivity index (χ1v) is 29.3. The fourth-order valence-corrected chi connectivity index (χ4v) is 8.47. The van der Waals surface area contributed by atoms with Crippen LogP contribution in [0.1, 0.15) is 264 Å². The van der Waals surface area contributed by atoms with Crippen LogP contribution >= 0.6 is 12.4 Å². The number of hydrogen-bond acceptors (Lipinski definition) is 11. The van der Waals surface area contributed by atoms with Gasteiger partial charge in [0.1, 0.15) is 11.4 Å². The number of nitrogen functional groups attached to an aromatic ring is 2.